The van der Waals surface area contributed by atoms with Gasteiger partial charge in [0.15, 0.2) is 0 Å². The average Bonchev–Trinajstić information content (AvgIpc) is 2.37. The number of aryl methyl sites for hydroxylation is 1. The van der Waals surface area contributed by atoms with Crippen molar-refractivity contribution in [1.82, 2.24) is 4.90 Å². The molecule has 0 aliphatic carbocycles. The molecule has 1 aromatic rings. The summed E-state index contributed by atoms with van der Waals surface area (Å²) in [5, 5.41) is 8.85. The second-order valence-electron chi connectivity index (χ2n) is 4.55. The minimum absolute atomic E-state index is 0.171. The van der Waals surface area contributed by atoms with Crippen molar-refractivity contribution in [2.45, 2.75) is 33.2 Å². The van der Waals surface area contributed by atoms with E-state index in [0.717, 1.165) is 6.07 Å². The molecule has 0 radical (unpaired) electrons. The molecule has 0 fully saturated rings. The Bertz CT molecular complexity index is 488. The average molecular weight is 267 g/mol. The third kappa shape index (κ3) is 3.77. The highest BCUT2D eigenvalue weighted by Gasteiger charge is 2.23. The van der Waals surface area contributed by atoms with Gasteiger partial charge >= 0.3 is 5.97 Å². The summed E-state index contributed by atoms with van der Waals surface area (Å²) in [7, 11) is 0. The van der Waals surface area contributed by atoms with E-state index in [0.29, 0.717) is 12.0 Å². The Morgan fingerprint density at radius 1 is 1.42 bits per heavy atom. The molecule has 0 heterocycles. The first kappa shape index (κ1) is 15.1. The molecule has 1 aromatic carbocycles. The second kappa shape index (κ2) is 6.31. The van der Waals surface area contributed by atoms with E-state index in [1.807, 2.05) is 6.92 Å². The fourth-order valence-corrected chi connectivity index (χ4v) is 1.69. The molecule has 0 saturated carbocycles. The fourth-order valence-electron chi connectivity index (χ4n) is 1.69. The number of aliphatic carboxylic acids is 1. The van der Waals surface area contributed by atoms with Gasteiger partial charge in [0.1, 0.15) is 12.4 Å². The van der Waals surface area contributed by atoms with E-state index in [4.69, 9.17) is 5.11 Å². The number of rotatable bonds is 5. The smallest absolute Gasteiger partial charge is 0.323 e. The van der Waals surface area contributed by atoms with Crippen LogP contribution in [0.4, 0.5) is 4.39 Å². The Hall–Kier alpha value is -1.91. The molecule has 5 heteroatoms. The van der Waals surface area contributed by atoms with Crippen LogP contribution in [0.2, 0.25) is 0 Å². The van der Waals surface area contributed by atoms with Gasteiger partial charge in [-0.05, 0) is 38.0 Å². The van der Waals surface area contributed by atoms with Crippen LogP contribution in [0, 0.1) is 12.7 Å². The Labute approximate surface area is 111 Å². The van der Waals surface area contributed by atoms with Gasteiger partial charge in [0.25, 0.3) is 5.91 Å². The van der Waals surface area contributed by atoms with E-state index in [2.05, 4.69) is 0 Å². The second-order valence-corrected chi connectivity index (χ2v) is 4.55. The van der Waals surface area contributed by atoms with Crippen LogP contribution in [0.25, 0.3) is 0 Å². The Morgan fingerprint density at radius 2 is 2.05 bits per heavy atom. The Balaban J connectivity index is 3.04. The third-order valence-electron chi connectivity index (χ3n) is 3.11. The zero-order valence-electron chi connectivity index (χ0n) is 11.3. The SMILES string of the molecule is CCC(C)N(CC(=O)O)C(=O)c1ccc(C)c(F)c1. The summed E-state index contributed by atoms with van der Waals surface area (Å²) in [6, 6.07) is 3.96. The number of carbonyl (C=O) groups is 2. The first-order valence-electron chi connectivity index (χ1n) is 6.15. The summed E-state index contributed by atoms with van der Waals surface area (Å²) in [5.41, 5.74) is 0.620. The number of halogens is 1. The van der Waals surface area contributed by atoms with E-state index in [-0.39, 0.29) is 18.2 Å². The normalized spacial score (nSPS) is 12.0. The molecule has 1 amide bonds. The molecule has 0 aromatic heterocycles. The number of hydrogen-bond acceptors (Lipinski definition) is 2. The van der Waals surface area contributed by atoms with Gasteiger partial charge < -0.3 is 10.0 Å². The number of carboxylic acid groups (broad SMARTS) is 1. The molecule has 0 aliphatic rings. The Morgan fingerprint density at radius 3 is 2.53 bits per heavy atom. The quantitative estimate of drug-likeness (QED) is 0.891. The maximum absolute atomic E-state index is 13.5. The molecule has 0 spiro atoms. The first-order chi connectivity index (χ1) is 8.86. The molecule has 1 N–H and O–H groups in total. The highest BCUT2D eigenvalue weighted by atomic mass is 19.1. The van der Waals surface area contributed by atoms with Crippen LogP contribution >= 0.6 is 0 Å². The van der Waals surface area contributed by atoms with Gasteiger partial charge in [-0.2, -0.15) is 0 Å². The van der Waals surface area contributed by atoms with Gasteiger partial charge in [-0.1, -0.05) is 13.0 Å². The maximum Gasteiger partial charge on any atom is 0.323 e. The molecule has 1 atom stereocenters. The lowest BCUT2D eigenvalue weighted by Crippen LogP contribution is -2.41. The molecule has 1 rings (SSSR count). The van der Waals surface area contributed by atoms with Crippen molar-refractivity contribution in [3.8, 4) is 0 Å². The minimum atomic E-state index is -1.08. The summed E-state index contributed by atoms with van der Waals surface area (Å²) >= 11 is 0. The van der Waals surface area contributed by atoms with Gasteiger partial charge in [0, 0.05) is 11.6 Å². The zero-order chi connectivity index (χ0) is 14.6. The molecule has 19 heavy (non-hydrogen) atoms. The molecule has 1 unspecified atom stereocenters. The van der Waals surface area contributed by atoms with Gasteiger partial charge in [0.2, 0.25) is 0 Å². The topological polar surface area (TPSA) is 57.6 Å². The lowest BCUT2D eigenvalue weighted by Gasteiger charge is -2.27. The largest absolute Gasteiger partial charge is 0.480 e. The van der Waals surface area contributed by atoms with Gasteiger partial charge in [0.05, 0.1) is 0 Å². The Kier molecular flexibility index (Phi) is 5.03. The monoisotopic (exact) mass is 267 g/mol. The van der Waals surface area contributed by atoms with E-state index in [1.165, 1.54) is 17.0 Å². The van der Waals surface area contributed by atoms with Crippen LogP contribution in [-0.4, -0.2) is 34.5 Å². The standard InChI is InChI=1S/C14H18FNO3/c1-4-10(3)16(8-13(17)18)14(19)11-6-5-9(2)12(15)7-11/h5-7,10H,4,8H2,1-3H3,(H,17,18). The number of amides is 1. The van der Waals surface area contributed by atoms with Crippen LogP contribution in [0.3, 0.4) is 0 Å². The predicted octanol–water partition coefficient (Wildman–Crippen LogP) is 2.46. The molecule has 4 nitrogen and oxygen atoms in total. The van der Waals surface area contributed by atoms with Crippen molar-refractivity contribution < 1.29 is 19.1 Å². The van der Waals surface area contributed by atoms with Gasteiger partial charge in [-0.25, -0.2) is 4.39 Å². The van der Waals surface area contributed by atoms with Crippen LogP contribution in [0.15, 0.2) is 18.2 Å². The van der Waals surface area contributed by atoms with Crippen molar-refractivity contribution in [1.29, 1.82) is 0 Å². The number of carboxylic acids is 1. The van der Waals surface area contributed by atoms with Crippen molar-refractivity contribution in [2.75, 3.05) is 6.54 Å². The number of hydrogen-bond donors (Lipinski definition) is 1. The number of carbonyl (C=O) groups excluding carboxylic acids is 1. The van der Waals surface area contributed by atoms with Gasteiger partial charge in [-0.3, -0.25) is 9.59 Å². The van der Waals surface area contributed by atoms with Crippen molar-refractivity contribution in [2.24, 2.45) is 0 Å². The zero-order valence-corrected chi connectivity index (χ0v) is 11.3. The number of benzene rings is 1. The minimum Gasteiger partial charge on any atom is -0.480 e. The fraction of sp³-hybridized carbons (Fsp3) is 0.429. The summed E-state index contributed by atoms with van der Waals surface area (Å²) in [6.45, 7) is 4.85. The van der Waals surface area contributed by atoms with Crippen molar-refractivity contribution in [3.05, 3.63) is 35.1 Å². The molecule has 0 bridgehead atoms. The lowest BCUT2D eigenvalue weighted by molar-refractivity contribution is -0.138. The number of nitrogens with zero attached hydrogens (tertiary/aromatic N) is 1. The van der Waals surface area contributed by atoms with Crippen LogP contribution in [-0.2, 0) is 4.79 Å². The van der Waals surface area contributed by atoms with E-state index in [1.54, 1.807) is 13.8 Å². The third-order valence-corrected chi connectivity index (χ3v) is 3.11. The lowest BCUT2D eigenvalue weighted by atomic mass is 10.1. The maximum atomic E-state index is 13.5. The predicted molar refractivity (Wildman–Crippen MR) is 69.6 cm³/mol. The van der Waals surface area contributed by atoms with E-state index in [9.17, 15) is 14.0 Å². The summed E-state index contributed by atoms with van der Waals surface area (Å²) in [4.78, 5) is 24.3. The van der Waals surface area contributed by atoms with Crippen LogP contribution < -0.4 is 0 Å². The van der Waals surface area contributed by atoms with Crippen molar-refractivity contribution >= 4 is 11.9 Å². The van der Waals surface area contributed by atoms with Crippen LogP contribution in [0.5, 0.6) is 0 Å². The van der Waals surface area contributed by atoms with Crippen LogP contribution in [0.1, 0.15) is 36.2 Å². The summed E-state index contributed by atoms with van der Waals surface area (Å²) in [6.07, 6.45) is 0.632. The molecular formula is C14H18FNO3. The highest BCUT2D eigenvalue weighted by Crippen LogP contribution is 2.14. The van der Waals surface area contributed by atoms with E-state index >= 15 is 0 Å². The summed E-state index contributed by atoms with van der Waals surface area (Å²) in [5.74, 6) is -2.01. The molecule has 0 saturated heterocycles. The highest BCUT2D eigenvalue weighted by molar-refractivity contribution is 5.96. The first-order valence-corrected chi connectivity index (χ1v) is 6.15. The van der Waals surface area contributed by atoms with Gasteiger partial charge in [-0.15, -0.1) is 0 Å². The molecule has 0 aliphatic heterocycles. The van der Waals surface area contributed by atoms with Crippen molar-refractivity contribution in [3.63, 3.8) is 0 Å². The summed E-state index contributed by atoms with van der Waals surface area (Å²) < 4.78 is 13.5. The molecule has 104 valence electrons. The van der Waals surface area contributed by atoms with E-state index < -0.39 is 17.7 Å². The molecular weight excluding hydrogens is 249 g/mol.